The van der Waals surface area contributed by atoms with E-state index in [1.807, 2.05) is 48.4 Å². The van der Waals surface area contributed by atoms with E-state index in [-0.39, 0.29) is 11.9 Å². The Bertz CT molecular complexity index is 834. The van der Waals surface area contributed by atoms with Crippen molar-refractivity contribution in [3.05, 3.63) is 35.3 Å². The van der Waals surface area contributed by atoms with E-state index in [9.17, 15) is 4.79 Å². The first-order chi connectivity index (χ1) is 14.1. The number of hydrogen-bond donors (Lipinski definition) is 2. The highest BCUT2D eigenvalue weighted by Gasteiger charge is 2.25. The van der Waals surface area contributed by atoms with Crippen LogP contribution >= 0.6 is 11.3 Å². The summed E-state index contributed by atoms with van der Waals surface area (Å²) in [4.78, 5) is 23.2. The number of carbonyl (C=O) groups is 1. The molecule has 1 amide bonds. The number of nitrogens with one attached hydrogen (secondary N) is 2. The predicted octanol–water partition coefficient (Wildman–Crippen LogP) is 2.88. The van der Waals surface area contributed by atoms with Crippen molar-refractivity contribution in [1.29, 1.82) is 0 Å². The summed E-state index contributed by atoms with van der Waals surface area (Å²) in [5.41, 5.74) is 2.01. The van der Waals surface area contributed by atoms with Gasteiger partial charge in [0, 0.05) is 43.0 Å². The number of rotatable bonds is 7. The lowest BCUT2D eigenvalue weighted by Gasteiger charge is -2.18. The molecule has 1 atom stereocenters. The largest absolute Gasteiger partial charge is 0.497 e. The summed E-state index contributed by atoms with van der Waals surface area (Å²) < 4.78 is 5.21. The molecule has 1 aromatic heterocycles. The lowest BCUT2D eigenvalue weighted by atomic mass is 10.2. The van der Waals surface area contributed by atoms with Crippen LogP contribution in [-0.4, -0.2) is 54.5 Å². The number of nitrogens with zero attached hydrogens (tertiary/aromatic N) is 3. The SMILES string of the molecule is CCNC(=NCc1csc(-c2ccc(OC)cc2)n1)NC1CCN(C(=O)CC)C1. The fourth-order valence-corrected chi connectivity index (χ4v) is 4.06. The zero-order valence-electron chi connectivity index (χ0n) is 17.3. The van der Waals surface area contributed by atoms with Gasteiger partial charge in [0.25, 0.3) is 0 Å². The maximum atomic E-state index is 11.9. The number of thiazole rings is 1. The van der Waals surface area contributed by atoms with Gasteiger partial charge >= 0.3 is 0 Å². The molecule has 2 N–H and O–H groups in total. The van der Waals surface area contributed by atoms with Gasteiger partial charge in [0.15, 0.2) is 5.96 Å². The summed E-state index contributed by atoms with van der Waals surface area (Å²) in [6.45, 7) is 6.78. The van der Waals surface area contributed by atoms with Gasteiger partial charge in [-0.3, -0.25) is 4.79 Å². The van der Waals surface area contributed by atoms with E-state index in [2.05, 4.69) is 15.6 Å². The number of aromatic nitrogens is 1. The number of carbonyl (C=O) groups excluding carboxylic acids is 1. The zero-order chi connectivity index (χ0) is 20.6. The minimum atomic E-state index is 0.213. The van der Waals surface area contributed by atoms with E-state index in [0.29, 0.717) is 13.0 Å². The van der Waals surface area contributed by atoms with Gasteiger partial charge < -0.3 is 20.3 Å². The first-order valence-electron chi connectivity index (χ1n) is 10.0. The topological polar surface area (TPSA) is 78.9 Å². The van der Waals surface area contributed by atoms with Crippen molar-refractivity contribution in [2.75, 3.05) is 26.7 Å². The summed E-state index contributed by atoms with van der Waals surface area (Å²) in [6.07, 6.45) is 1.50. The molecule has 1 unspecified atom stereocenters. The lowest BCUT2D eigenvalue weighted by Crippen LogP contribution is -2.45. The van der Waals surface area contributed by atoms with Crippen LogP contribution in [0.5, 0.6) is 5.75 Å². The van der Waals surface area contributed by atoms with Crippen molar-refractivity contribution in [2.45, 2.75) is 39.3 Å². The Kier molecular flexibility index (Phi) is 7.46. The molecule has 1 aromatic carbocycles. The monoisotopic (exact) mass is 415 g/mol. The van der Waals surface area contributed by atoms with E-state index in [1.54, 1.807) is 18.4 Å². The van der Waals surface area contributed by atoms with Crippen LogP contribution in [0, 0.1) is 0 Å². The van der Waals surface area contributed by atoms with Crippen molar-refractivity contribution in [3.8, 4) is 16.3 Å². The number of ether oxygens (including phenoxy) is 1. The van der Waals surface area contributed by atoms with Gasteiger partial charge in [-0.15, -0.1) is 11.3 Å². The summed E-state index contributed by atoms with van der Waals surface area (Å²) in [7, 11) is 1.66. The van der Waals surface area contributed by atoms with Crippen molar-refractivity contribution < 1.29 is 9.53 Å². The molecule has 1 aliphatic rings. The van der Waals surface area contributed by atoms with Crippen LogP contribution in [0.2, 0.25) is 0 Å². The van der Waals surface area contributed by atoms with Crippen molar-refractivity contribution >= 4 is 23.2 Å². The van der Waals surface area contributed by atoms with E-state index in [1.165, 1.54) is 0 Å². The van der Waals surface area contributed by atoms with Crippen molar-refractivity contribution in [2.24, 2.45) is 4.99 Å². The molecule has 1 saturated heterocycles. The van der Waals surface area contributed by atoms with Crippen LogP contribution in [-0.2, 0) is 11.3 Å². The Labute approximate surface area is 176 Å². The maximum Gasteiger partial charge on any atom is 0.222 e. The Hall–Kier alpha value is -2.61. The fourth-order valence-electron chi connectivity index (χ4n) is 3.25. The zero-order valence-corrected chi connectivity index (χ0v) is 18.1. The molecule has 2 aromatic rings. The van der Waals surface area contributed by atoms with Crippen LogP contribution in [0.15, 0.2) is 34.6 Å². The lowest BCUT2D eigenvalue weighted by molar-refractivity contribution is -0.129. The molecule has 8 heteroatoms. The average Bonchev–Trinajstić information content (AvgIpc) is 3.41. The molecular formula is C21H29N5O2S. The van der Waals surface area contributed by atoms with Crippen LogP contribution in [0.1, 0.15) is 32.4 Å². The molecule has 1 fully saturated rings. The summed E-state index contributed by atoms with van der Waals surface area (Å²) in [6, 6.07) is 8.14. The van der Waals surface area contributed by atoms with Crippen LogP contribution < -0.4 is 15.4 Å². The van der Waals surface area contributed by atoms with E-state index < -0.39 is 0 Å². The van der Waals surface area contributed by atoms with Gasteiger partial charge in [0.1, 0.15) is 10.8 Å². The average molecular weight is 416 g/mol. The summed E-state index contributed by atoms with van der Waals surface area (Å²) in [5.74, 6) is 1.81. The normalized spacial score (nSPS) is 16.7. The second-order valence-corrected chi connectivity index (χ2v) is 7.75. The smallest absolute Gasteiger partial charge is 0.222 e. The Morgan fingerprint density at radius 3 is 2.83 bits per heavy atom. The third kappa shape index (κ3) is 5.69. The second-order valence-electron chi connectivity index (χ2n) is 6.89. The highest BCUT2D eigenvalue weighted by Crippen LogP contribution is 2.25. The predicted molar refractivity (Wildman–Crippen MR) is 117 cm³/mol. The Morgan fingerprint density at radius 1 is 1.34 bits per heavy atom. The highest BCUT2D eigenvalue weighted by atomic mass is 32.1. The Morgan fingerprint density at radius 2 is 2.14 bits per heavy atom. The van der Waals surface area contributed by atoms with Gasteiger partial charge in [-0.1, -0.05) is 6.92 Å². The first-order valence-corrected chi connectivity index (χ1v) is 10.9. The highest BCUT2D eigenvalue weighted by molar-refractivity contribution is 7.13. The number of methoxy groups -OCH3 is 1. The summed E-state index contributed by atoms with van der Waals surface area (Å²) >= 11 is 1.61. The molecule has 0 spiro atoms. The van der Waals surface area contributed by atoms with Gasteiger partial charge in [0.2, 0.25) is 5.91 Å². The van der Waals surface area contributed by atoms with Gasteiger partial charge in [-0.25, -0.2) is 9.98 Å². The number of benzene rings is 1. The number of hydrogen-bond acceptors (Lipinski definition) is 5. The molecule has 156 valence electrons. The van der Waals surface area contributed by atoms with E-state index in [0.717, 1.165) is 54.0 Å². The number of amides is 1. The minimum Gasteiger partial charge on any atom is -0.497 e. The summed E-state index contributed by atoms with van der Waals surface area (Å²) in [5, 5.41) is 9.76. The van der Waals surface area contributed by atoms with E-state index >= 15 is 0 Å². The van der Waals surface area contributed by atoms with Gasteiger partial charge in [0.05, 0.1) is 19.3 Å². The van der Waals surface area contributed by atoms with Crippen LogP contribution in [0.4, 0.5) is 0 Å². The maximum absolute atomic E-state index is 11.9. The number of guanidine groups is 1. The minimum absolute atomic E-state index is 0.213. The molecule has 3 rings (SSSR count). The Balaban J connectivity index is 1.60. The van der Waals surface area contributed by atoms with Gasteiger partial charge in [-0.05, 0) is 37.6 Å². The fraction of sp³-hybridized carbons (Fsp3) is 0.476. The third-order valence-corrected chi connectivity index (χ3v) is 5.76. The molecule has 0 saturated carbocycles. The first kappa shape index (κ1) is 21.1. The number of likely N-dealkylation sites (tertiary alicyclic amines) is 1. The van der Waals surface area contributed by atoms with Crippen LogP contribution in [0.25, 0.3) is 10.6 Å². The van der Waals surface area contributed by atoms with Crippen LogP contribution in [0.3, 0.4) is 0 Å². The molecule has 7 nitrogen and oxygen atoms in total. The van der Waals surface area contributed by atoms with E-state index in [4.69, 9.17) is 9.72 Å². The quantitative estimate of drug-likeness (QED) is 0.537. The second kappa shape index (κ2) is 10.2. The molecule has 0 bridgehead atoms. The molecule has 1 aliphatic heterocycles. The standard InChI is InChI=1S/C21H29N5O2S/c1-4-19(27)26-11-10-16(13-26)25-21(22-5-2)23-12-17-14-29-20(24-17)15-6-8-18(28-3)9-7-15/h6-9,14,16H,4-5,10-13H2,1-3H3,(H2,22,23,25). The van der Waals surface area contributed by atoms with Crippen molar-refractivity contribution in [3.63, 3.8) is 0 Å². The molecule has 2 heterocycles. The third-order valence-electron chi connectivity index (χ3n) is 4.82. The molecule has 0 radical (unpaired) electrons. The molecular weight excluding hydrogens is 386 g/mol. The van der Waals surface area contributed by atoms with Crippen molar-refractivity contribution in [1.82, 2.24) is 20.5 Å². The number of aliphatic imine (C=N–C) groups is 1. The molecule has 29 heavy (non-hydrogen) atoms. The molecule has 0 aliphatic carbocycles. The van der Waals surface area contributed by atoms with Gasteiger partial charge in [-0.2, -0.15) is 0 Å².